The van der Waals surface area contributed by atoms with E-state index in [4.69, 9.17) is 0 Å². The summed E-state index contributed by atoms with van der Waals surface area (Å²) in [5.41, 5.74) is 1.30. The molecule has 1 heterocycles. The molecule has 1 amide bonds. The van der Waals surface area contributed by atoms with Crippen LogP contribution in [0.1, 0.15) is 10.4 Å². The Morgan fingerprint density at radius 2 is 1.79 bits per heavy atom. The molecule has 0 unspecified atom stereocenters. The number of hydrogen-bond acceptors (Lipinski definition) is 2. The van der Waals surface area contributed by atoms with Crippen LogP contribution in [-0.2, 0) is 0 Å². The fourth-order valence-corrected chi connectivity index (χ4v) is 1.68. The van der Waals surface area contributed by atoms with Crippen molar-refractivity contribution in [3.8, 4) is 0 Å². The molecule has 0 radical (unpaired) electrons. The molecule has 0 bridgehead atoms. The summed E-state index contributed by atoms with van der Waals surface area (Å²) in [6, 6.07) is 11.5. The van der Waals surface area contributed by atoms with Gasteiger partial charge in [0.15, 0.2) is 0 Å². The highest BCUT2D eigenvalue weighted by atomic mass is 16.2. The summed E-state index contributed by atoms with van der Waals surface area (Å²) in [5.74, 6) is -0.245. The van der Waals surface area contributed by atoms with E-state index in [1.54, 1.807) is 6.07 Å². The van der Waals surface area contributed by atoms with Gasteiger partial charge in [0.25, 0.3) is 5.91 Å². The Morgan fingerprint density at radius 3 is 2.71 bits per heavy atom. The average molecular weight is 182 g/mol. The molecule has 3 heteroatoms. The molecule has 2 aromatic carbocycles. The van der Waals surface area contributed by atoms with Crippen molar-refractivity contribution in [3.63, 3.8) is 0 Å². The number of benzene rings is 2. The summed E-state index contributed by atoms with van der Waals surface area (Å²) in [6.45, 7) is 0. The molecule has 0 N–H and O–H groups in total. The normalized spacial score (nSPS) is 13.6. The Kier molecular flexibility index (Phi) is 1.31. The molecule has 14 heavy (non-hydrogen) atoms. The van der Waals surface area contributed by atoms with Crippen LogP contribution in [0, 0.1) is 0 Å². The lowest BCUT2D eigenvalue weighted by molar-refractivity contribution is 0.100. The molecular weight excluding hydrogens is 176 g/mol. The van der Waals surface area contributed by atoms with Gasteiger partial charge in [0.1, 0.15) is 5.69 Å². The van der Waals surface area contributed by atoms with E-state index in [9.17, 15) is 4.79 Å². The molecule has 0 spiro atoms. The first-order valence-corrected chi connectivity index (χ1v) is 4.34. The zero-order chi connectivity index (χ0) is 9.54. The van der Waals surface area contributed by atoms with Crippen LogP contribution in [-0.4, -0.2) is 5.91 Å². The molecule has 0 saturated carbocycles. The number of rotatable bonds is 0. The fraction of sp³-hybridized carbons (Fsp3) is 0. The Morgan fingerprint density at radius 1 is 0.929 bits per heavy atom. The van der Waals surface area contributed by atoms with E-state index < -0.39 is 0 Å². The van der Waals surface area contributed by atoms with Gasteiger partial charge in [-0.25, -0.2) is 0 Å². The lowest BCUT2D eigenvalue weighted by atomic mass is 10.0. The maximum Gasteiger partial charge on any atom is 0.297 e. The third-order valence-electron chi connectivity index (χ3n) is 2.37. The molecule has 3 rings (SSSR count). The van der Waals surface area contributed by atoms with Crippen LogP contribution >= 0.6 is 0 Å². The summed E-state index contributed by atoms with van der Waals surface area (Å²) >= 11 is 0. The maximum atomic E-state index is 11.2. The second kappa shape index (κ2) is 2.48. The minimum Gasteiger partial charge on any atom is -0.265 e. The predicted molar refractivity (Wildman–Crippen MR) is 52.8 cm³/mol. The van der Waals surface area contributed by atoms with Gasteiger partial charge in [-0.05, 0) is 11.5 Å². The van der Waals surface area contributed by atoms with Crippen LogP contribution in [0.4, 0.5) is 5.69 Å². The Balaban J connectivity index is 2.49. The molecule has 0 saturated heterocycles. The number of fused-ring (bicyclic) bond motifs is 3. The first-order chi connectivity index (χ1) is 6.86. The number of nitrogens with zero attached hydrogens (tertiary/aromatic N) is 2. The van der Waals surface area contributed by atoms with Gasteiger partial charge in [-0.2, -0.15) is 0 Å². The predicted octanol–water partition coefficient (Wildman–Crippen LogP) is 3.08. The van der Waals surface area contributed by atoms with Crippen molar-refractivity contribution < 1.29 is 4.79 Å². The van der Waals surface area contributed by atoms with Crippen molar-refractivity contribution in [2.45, 2.75) is 0 Å². The Bertz CT molecular complexity index is 573. The number of hydrogen-bond donors (Lipinski definition) is 0. The smallest absolute Gasteiger partial charge is 0.265 e. The quantitative estimate of drug-likeness (QED) is 0.617. The lowest BCUT2D eigenvalue weighted by Crippen LogP contribution is -1.88. The van der Waals surface area contributed by atoms with Crippen LogP contribution < -0.4 is 0 Å². The topological polar surface area (TPSA) is 41.8 Å². The summed E-state index contributed by atoms with van der Waals surface area (Å²) in [7, 11) is 0. The average Bonchev–Trinajstić information content (AvgIpc) is 2.61. The lowest BCUT2D eigenvalue weighted by Gasteiger charge is -1.99. The minimum absolute atomic E-state index is 0.245. The van der Waals surface area contributed by atoms with Crippen molar-refractivity contribution in [3.05, 3.63) is 42.0 Å². The zero-order valence-electron chi connectivity index (χ0n) is 7.27. The van der Waals surface area contributed by atoms with Crippen LogP contribution in [0.25, 0.3) is 10.8 Å². The maximum absolute atomic E-state index is 11.2. The van der Waals surface area contributed by atoms with E-state index in [2.05, 4.69) is 10.2 Å². The number of amides is 1. The van der Waals surface area contributed by atoms with Gasteiger partial charge >= 0.3 is 0 Å². The SMILES string of the molecule is O=C1N=Nc2c1ccc1ccccc21. The van der Waals surface area contributed by atoms with Crippen molar-refractivity contribution >= 4 is 22.4 Å². The zero-order valence-corrected chi connectivity index (χ0v) is 7.27. The molecule has 0 atom stereocenters. The van der Waals surface area contributed by atoms with Gasteiger partial charge in [0.2, 0.25) is 0 Å². The Hall–Kier alpha value is -2.03. The van der Waals surface area contributed by atoms with Crippen LogP contribution in [0.3, 0.4) is 0 Å². The molecule has 0 aliphatic carbocycles. The summed E-state index contributed by atoms with van der Waals surface area (Å²) in [6.07, 6.45) is 0. The van der Waals surface area contributed by atoms with Gasteiger partial charge in [0, 0.05) is 5.39 Å². The van der Waals surface area contributed by atoms with Gasteiger partial charge in [-0.1, -0.05) is 30.3 Å². The Labute approximate surface area is 80.1 Å². The molecule has 0 aromatic heterocycles. The number of azo groups is 1. The van der Waals surface area contributed by atoms with Crippen molar-refractivity contribution in [2.75, 3.05) is 0 Å². The highest BCUT2D eigenvalue weighted by molar-refractivity contribution is 6.09. The molecule has 3 nitrogen and oxygen atoms in total. The second-order valence-electron chi connectivity index (χ2n) is 3.19. The molecule has 1 aliphatic heterocycles. The molecular formula is C11H6N2O. The van der Waals surface area contributed by atoms with Gasteiger partial charge in [-0.15, -0.1) is 10.2 Å². The number of carbonyl (C=O) groups is 1. The third-order valence-corrected chi connectivity index (χ3v) is 2.37. The van der Waals surface area contributed by atoms with E-state index in [0.717, 1.165) is 10.8 Å². The number of carbonyl (C=O) groups excluding carboxylic acids is 1. The highest BCUT2D eigenvalue weighted by Gasteiger charge is 2.18. The largest absolute Gasteiger partial charge is 0.297 e. The van der Waals surface area contributed by atoms with E-state index in [-0.39, 0.29) is 5.91 Å². The van der Waals surface area contributed by atoms with Gasteiger partial charge in [-0.3, -0.25) is 4.79 Å². The summed E-state index contributed by atoms with van der Waals surface area (Å²) < 4.78 is 0. The van der Waals surface area contributed by atoms with Crippen LogP contribution in [0.2, 0.25) is 0 Å². The van der Waals surface area contributed by atoms with E-state index in [1.807, 2.05) is 30.3 Å². The summed E-state index contributed by atoms with van der Waals surface area (Å²) in [4.78, 5) is 11.2. The van der Waals surface area contributed by atoms with Gasteiger partial charge in [0.05, 0.1) is 5.56 Å². The van der Waals surface area contributed by atoms with E-state index >= 15 is 0 Å². The van der Waals surface area contributed by atoms with Gasteiger partial charge < -0.3 is 0 Å². The monoisotopic (exact) mass is 182 g/mol. The standard InChI is InChI=1S/C11H6N2O/c14-11-9-6-5-7-3-1-2-4-8(7)10(9)12-13-11/h1-6H. The van der Waals surface area contributed by atoms with E-state index in [1.165, 1.54) is 0 Å². The second-order valence-corrected chi connectivity index (χ2v) is 3.19. The third kappa shape index (κ3) is 0.836. The van der Waals surface area contributed by atoms with E-state index in [0.29, 0.717) is 11.3 Å². The molecule has 66 valence electrons. The van der Waals surface area contributed by atoms with Crippen molar-refractivity contribution in [2.24, 2.45) is 10.2 Å². The fourth-order valence-electron chi connectivity index (χ4n) is 1.68. The van der Waals surface area contributed by atoms with Crippen molar-refractivity contribution in [1.82, 2.24) is 0 Å². The van der Waals surface area contributed by atoms with Crippen molar-refractivity contribution in [1.29, 1.82) is 0 Å². The van der Waals surface area contributed by atoms with Crippen LogP contribution in [0.15, 0.2) is 46.6 Å². The molecule has 2 aromatic rings. The first-order valence-electron chi connectivity index (χ1n) is 4.34. The highest BCUT2D eigenvalue weighted by Crippen LogP contribution is 2.34. The molecule has 0 fully saturated rings. The summed E-state index contributed by atoms with van der Waals surface area (Å²) in [5, 5.41) is 9.49. The molecule has 1 aliphatic rings. The first kappa shape index (κ1) is 7.38. The van der Waals surface area contributed by atoms with Crippen LogP contribution in [0.5, 0.6) is 0 Å². The minimum atomic E-state index is -0.245.